The molecule has 31 heavy (non-hydrogen) atoms. The molecule has 3 aromatic rings. The zero-order valence-electron chi connectivity index (χ0n) is 16.9. The van der Waals surface area contributed by atoms with E-state index in [-0.39, 0.29) is 22.5 Å². The lowest BCUT2D eigenvalue weighted by atomic mass is 9.95. The van der Waals surface area contributed by atoms with Gasteiger partial charge in [0.15, 0.2) is 0 Å². The fourth-order valence-corrected chi connectivity index (χ4v) is 3.66. The summed E-state index contributed by atoms with van der Waals surface area (Å²) in [6.07, 6.45) is -0.619. The van der Waals surface area contributed by atoms with Crippen molar-refractivity contribution in [3.05, 3.63) is 75.4 Å². The van der Waals surface area contributed by atoms with E-state index in [1.165, 1.54) is 49.3 Å². The van der Waals surface area contributed by atoms with Gasteiger partial charge in [-0.15, -0.1) is 0 Å². The molecule has 0 spiro atoms. The molecule has 1 unspecified atom stereocenters. The first-order chi connectivity index (χ1) is 14.5. The number of fused-ring (bicyclic) bond motifs is 1. The van der Waals surface area contributed by atoms with Crippen LogP contribution < -0.4 is 20.2 Å². The summed E-state index contributed by atoms with van der Waals surface area (Å²) < 4.78 is 50.6. The molecule has 3 rings (SSSR count). The third-order valence-corrected chi connectivity index (χ3v) is 5.11. The lowest BCUT2D eigenvalue weighted by Crippen LogP contribution is -2.37. The van der Waals surface area contributed by atoms with Gasteiger partial charge in [-0.1, -0.05) is 18.2 Å². The van der Waals surface area contributed by atoms with Crippen LogP contribution >= 0.6 is 0 Å². The minimum atomic E-state index is -4.31. The molecule has 0 aliphatic rings. The fraction of sp³-hybridized carbons (Fsp3) is 0.200. The number of ether oxygens (including phenoxy) is 1. The van der Waals surface area contributed by atoms with Crippen molar-refractivity contribution < 1.29 is 26.8 Å². The first-order valence-corrected chi connectivity index (χ1v) is 10.5. The quantitative estimate of drug-likeness (QED) is 0.574. The van der Waals surface area contributed by atoms with Crippen molar-refractivity contribution in [1.29, 1.82) is 0 Å². The molecular weight excluding hydrogens is 429 g/mol. The Kier molecular flexibility index (Phi) is 6.11. The summed E-state index contributed by atoms with van der Waals surface area (Å²) in [6, 6.07) is 8.39. The van der Waals surface area contributed by atoms with E-state index in [1.807, 2.05) is 0 Å². The summed E-state index contributed by atoms with van der Waals surface area (Å²) in [7, 11) is -1.28. The van der Waals surface area contributed by atoms with Crippen molar-refractivity contribution in [2.24, 2.45) is 5.14 Å². The van der Waals surface area contributed by atoms with Crippen LogP contribution in [0.1, 0.15) is 22.7 Å². The number of nitrogens with two attached hydrogens (primary N) is 1. The fourth-order valence-electron chi connectivity index (χ4n) is 3.09. The number of rotatable bonds is 5. The summed E-state index contributed by atoms with van der Waals surface area (Å²) in [5.74, 6) is -0.580. The third kappa shape index (κ3) is 4.90. The van der Waals surface area contributed by atoms with Gasteiger partial charge in [0.25, 0.3) is 10.2 Å². The maximum absolute atomic E-state index is 14.5. The zero-order chi connectivity index (χ0) is 22.9. The van der Waals surface area contributed by atoms with E-state index in [2.05, 4.69) is 4.72 Å². The van der Waals surface area contributed by atoms with Crippen molar-refractivity contribution in [2.45, 2.75) is 13.0 Å². The van der Waals surface area contributed by atoms with E-state index in [0.29, 0.717) is 10.9 Å². The predicted octanol–water partition coefficient (Wildman–Crippen LogP) is 2.18. The van der Waals surface area contributed by atoms with Crippen LogP contribution in [0.25, 0.3) is 11.0 Å². The van der Waals surface area contributed by atoms with Crippen LogP contribution in [-0.2, 0) is 10.2 Å². The SMILES string of the molecule is Cc1c(C(NS(N)(=O)=O)c2ccccc2F)c(=O)oc2cc(OC(=O)N(C)C)ccc12. The van der Waals surface area contributed by atoms with Crippen molar-refractivity contribution in [2.75, 3.05) is 14.1 Å². The topological polar surface area (TPSA) is 132 Å². The van der Waals surface area contributed by atoms with E-state index >= 15 is 0 Å². The number of amides is 1. The van der Waals surface area contributed by atoms with E-state index in [1.54, 1.807) is 13.0 Å². The first-order valence-electron chi connectivity index (χ1n) is 8.99. The molecule has 0 radical (unpaired) electrons. The number of carbonyl (C=O) groups is 1. The molecule has 3 N–H and O–H groups in total. The number of hydrogen-bond acceptors (Lipinski definition) is 6. The lowest BCUT2D eigenvalue weighted by Gasteiger charge is -2.20. The molecule has 1 aromatic heterocycles. The van der Waals surface area contributed by atoms with Crippen LogP contribution in [0.2, 0.25) is 0 Å². The van der Waals surface area contributed by atoms with Crippen LogP contribution in [0.15, 0.2) is 51.7 Å². The number of benzene rings is 2. The predicted molar refractivity (Wildman–Crippen MR) is 111 cm³/mol. The molecule has 164 valence electrons. The Labute approximate surface area is 177 Å². The van der Waals surface area contributed by atoms with E-state index in [9.17, 15) is 22.4 Å². The Balaban J connectivity index is 2.19. The molecule has 0 aliphatic heterocycles. The van der Waals surface area contributed by atoms with Gasteiger partial charge in [-0.2, -0.15) is 13.1 Å². The third-order valence-electron chi connectivity index (χ3n) is 4.54. The summed E-state index contributed by atoms with van der Waals surface area (Å²) >= 11 is 0. The van der Waals surface area contributed by atoms with Gasteiger partial charge in [-0.25, -0.2) is 19.1 Å². The number of halogens is 1. The van der Waals surface area contributed by atoms with Crippen LogP contribution in [0.4, 0.5) is 9.18 Å². The van der Waals surface area contributed by atoms with E-state index in [4.69, 9.17) is 14.3 Å². The molecule has 2 aromatic carbocycles. The molecule has 0 saturated heterocycles. The molecule has 1 heterocycles. The number of hydrogen-bond donors (Lipinski definition) is 2. The Morgan fingerprint density at radius 2 is 1.90 bits per heavy atom. The van der Waals surface area contributed by atoms with Gasteiger partial charge >= 0.3 is 11.7 Å². The van der Waals surface area contributed by atoms with Crippen LogP contribution in [-0.4, -0.2) is 33.5 Å². The molecule has 11 heteroatoms. The normalized spacial score (nSPS) is 12.5. The van der Waals surface area contributed by atoms with Gasteiger partial charge in [0.05, 0.1) is 11.6 Å². The molecule has 0 aliphatic carbocycles. The summed E-state index contributed by atoms with van der Waals surface area (Å²) in [6.45, 7) is 1.57. The van der Waals surface area contributed by atoms with Gasteiger partial charge in [-0.3, -0.25) is 0 Å². The van der Waals surface area contributed by atoms with Crippen LogP contribution in [0, 0.1) is 12.7 Å². The minimum Gasteiger partial charge on any atom is -0.422 e. The van der Waals surface area contributed by atoms with Crippen molar-refractivity contribution >= 4 is 27.3 Å². The highest BCUT2D eigenvalue weighted by molar-refractivity contribution is 7.87. The zero-order valence-corrected chi connectivity index (χ0v) is 17.7. The van der Waals surface area contributed by atoms with Gasteiger partial charge < -0.3 is 14.1 Å². The smallest absolute Gasteiger partial charge is 0.414 e. The summed E-state index contributed by atoms with van der Waals surface area (Å²) in [4.78, 5) is 25.8. The average Bonchev–Trinajstić information content (AvgIpc) is 2.66. The highest BCUT2D eigenvalue weighted by Crippen LogP contribution is 2.30. The first kappa shape index (κ1) is 22.4. The van der Waals surface area contributed by atoms with Gasteiger partial charge in [0.2, 0.25) is 0 Å². The van der Waals surface area contributed by atoms with E-state index in [0.717, 1.165) is 6.07 Å². The van der Waals surface area contributed by atoms with Gasteiger partial charge in [-0.05, 0) is 30.7 Å². The second-order valence-corrected chi connectivity index (χ2v) is 8.29. The summed E-state index contributed by atoms with van der Waals surface area (Å²) in [5, 5.41) is 5.56. The second kappa shape index (κ2) is 8.46. The number of carbonyl (C=O) groups excluding carboxylic acids is 1. The molecule has 0 bridgehead atoms. The van der Waals surface area contributed by atoms with E-state index < -0.39 is 33.8 Å². The molecule has 0 saturated carbocycles. The monoisotopic (exact) mass is 449 g/mol. The standard InChI is InChI=1S/C20H20FN3O6S/c1-11-13-9-8-12(29-20(26)24(2)3)10-16(13)30-19(25)17(11)18(23-31(22,27)28)14-6-4-5-7-15(14)21/h4-10,18,23H,1-3H3,(H2,22,27,28). The second-order valence-electron chi connectivity index (χ2n) is 6.97. The number of nitrogens with zero attached hydrogens (tertiary/aromatic N) is 1. The molecule has 0 fully saturated rings. The van der Waals surface area contributed by atoms with Gasteiger partial charge in [0, 0.05) is 31.1 Å². The van der Waals surface area contributed by atoms with Crippen molar-refractivity contribution in [3.63, 3.8) is 0 Å². The molecule has 1 amide bonds. The molecule has 1 atom stereocenters. The van der Waals surface area contributed by atoms with Gasteiger partial charge in [0.1, 0.15) is 17.1 Å². The Morgan fingerprint density at radius 3 is 2.52 bits per heavy atom. The molecular formula is C20H20FN3O6S. The van der Waals surface area contributed by atoms with Crippen LogP contribution in [0.5, 0.6) is 5.75 Å². The maximum atomic E-state index is 14.5. The Bertz CT molecular complexity index is 1320. The largest absolute Gasteiger partial charge is 0.422 e. The minimum absolute atomic E-state index is 0.0946. The van der Waals surface area contributed by atoms with Crippen LogP contribution in [0.3, 0.4) is 0 Å². The Morgan fingerprint density at radius 1 is 1.23 bits per heavy atom. The molecule has 9 nitrogen and oxygen atoms in total. The summed E-state index contributed by atoms with van der Waals surface area (Å²) in [5.41, 5.74) is -0.655. The van der Waals surface area contributed by atoms with Crippen molar-refractivity contribution in [1.82, 2.24) is 9.62 Å². The lowest BCUT2D eigenvalue weighted by molar-refractivity contribution is 0.172. The average molecular weight is 449 g/mol. The maximum Gasteiger partial charge on any atom is 0.414 e. The van der Waals surface area contributed by atoms with Crippen molar-refractivity contribution in [3.8, 4) is 5.75 Å². The number of nitrogens with one attached hydrogen (secondary N) is 1. The highest BCUT2D eigenvalue weighted by atomic mass is 32.2. The number of aryl methyl sites for hydroxylation is 1. The highest BCUT2D eigenvalue weighted by Gasteiger charge is 2.28. The Hall–Kier alpha value is -3.28.